The maximum absolute atomic E-state index is 11.5. The van der Waals surface area contributed by atoms with Crippen LogP contribution in [0.5, 0.6) is 0 Å². The highest BCUT2D eigenvalue weighted by Gasteiger charge is 2.23. The third-order valence-electron chi connectivity index (χ3n) is 3.05. The van der Waals surface area contributed by atoms with Gasteiger partial charge in [-0.2, -0.15) is 0 Å². The number of aromatic nitrogens is 1. The molecule has 1 aromatic carbocycles. The molecule has 0 aliphatic rings. The van der Waals surface area contributed by atoms with Crippen LogP contribution in [0.4, 0.5) is 0 Å². The summed E-state index contributed by atoms with van der Waals surface area (Å²) in [6, 6.07) is 4.84. The number of carbonyl (C=O) groups is 3. The van der Waals surface area contributed by atoms with E-state index in [2.05, 4.69) is 9.72 Å². The SMILES string of the molecule is COC(=O)c1ccc2nc(CC(CC(=O)O)C(=O)O)sc2c1. The maximum atomic E-state index is 11.5. The average molecular weight is 323 g/mol. The Balaban J connectivity index is 2.26. The van der Waals surface area contributed by atoms with E-state index in [1.807, 2.05) is 0 Å². The van der Waals surface area contributed by atoms with Crippen LogP contribution >= 0.6 is 11.3 Å². The van der Waals surface area contributed by atoms with Crippen LogP contribution < -0.4 is 0 Å². The van der Waals surface area contributed by atoms with Crippen LogP contribution in [0.3, 0.4) is 0 Å². The number of aliphatic carboxylic acids is 2. The summed E-state index contributed by atoms with van der Waals surface area (Å²) in [7, 11) is 1.29. The smallest absolute Gasteiger partial charge is 0.337 e. The van der Waals surface area contributed by atoms with Crippen LogP contribution in [0.1, 0.15) is 21.8 Å². The molecule has 2 N–H and O–H groups in total. The molecular formula is C14H13NO6S. The Hall–Kier alpha value is -2.48. The Labute approximate surface area is 129 Å². The lowest BCUT2D eigenvalue weighted by atomic mass is 10.0. The van der Waals surface area contributed by atoms with Crippen LogP contribution in [-0.4, -0.2) is 40.2 Å². The fourth-order valence-electron chi connectivity index (χ4n) is 1.97. The fraction of sp³-hybridized carbons (Fsp3) is 0.286. The number of carboxylic acids is 2. The molecule has 7 nitrogen and oxygen atoms in total. The van der Waals surface area contributed by atoms with Crippen molar-refractivity contribution in [3.63, 3.8) is 0 Å². The first-order valence-corrected chi connectivity index (χ1v) is 7.14. The quantitative estimate of drug-likeness (QED) is 0.779. The monoisotopic (exact) mass is 323 g/mol. The molecule has 0 radical (unpaired) electrons. The minimum absolute atomic E-state index is 0.0362. The van der Waals surface area contributed by atoms with Crippen LogP contribution in [0.2, 0.25) is 0 Å². The van der Waals surface area contributed by atoms with Gasteiger partial charge in [-0.3, -0.25) is 9.59 Å². The van der Waals surface area contributed by atoms with Gasteiger partial charge in [0.1, 0.15) is 0 Å². The largest absolute Gasteiger partial charge is 0.481 e. The van der Waals surface area contributed by atoms with Gasteiger partial charge in [-0.05, 0) is 18.2 Å². The Morgan fingerprint density at radius 3 is 2.64 bits per heavy atom. The zero-order valence-corrected chi connectivity index (χ0v) is 12.4. The summed E-state index contributed by atoms with van der Waals surface area (Å²) in [6.45, 7) is 0. The van der Waals surface area contributed by atoms with Crippen LogP contribution in [-0.2, 0) is 20.7 Å². The number of nitrogens with zero attached hydrogens (tertiary/aromatic N) is 1. The first-order chi connectivity index (χ1) is 10.4. The zero-order valence-electron chi connectivity index (χ0n) is 11.6. The minimum Gasteiger partial charge on any atom is -0.481 e. The third kappa shape index (κ3) is 3.59. The Morgan fingerprint density at radius 1 is 1.32 bits per heavy atom. The van der Waals surface area contributed by atoms with Crippen LogP contribution in [0, 0.1) is 5.92 Å². The van der Waals surface area contributed by atoms with Crippen molar-refractivity contribution in [1.82, 2.24) is 4.98 Å². The number of carboxylic acid groups (broad SMARTS) is 2. The molecule has 0 amide bonds. The van der Waals surface area contributed by atoms with Gasteiger partial charge in [-0.15, -0.1) is 11.3 Å². The molecule has 22 heavy (non-hydrogen) atoms. The van der Waals surface area contributed by atoms with Gasteiger partial charge in [0.15, 0.2) is 0 Å². The van der Waals surface area contributed by atoms with Gasteiger partial charge < -0.3 is 14.9 Å². The van der Waals surface area contributed by atoms with E-state index >= 15 is 0 Å². The van der Waals surface area contributed by atoms with E-state index in [9.17, 15) is 14.4 Å². The summed E-state index contributed by atoms with van der Waals surface area (Å²) in [5.74, 6) is -3.83. The molecular weight excluding hydrogens is 310 g/mol. The molecule has 2 rings (SSSR count). The van der Waals surface area contributed by atoms with Gasteiger partial charge in [0.2, 0.25) is 0 Å². The van der Waals surface area contributed by atoms with Crippen molar-refractivity contribution < 1.29 is 29.3 Å². The number of benzene rings is 1. The summed E-state index contributed by atoms with van der Waals surface area (Å²) >= 11 is 1.24. The first kappa shape index (κ1) is 15.9. The first-order valence-electron chi connectivity index (χ1n) is 6.33. The molecule has 0 spiro atoms. The summed E-state index contributed by atoms with van der Waals surface area (Å²) < 4.78 is 5.35. The Morgan fingerprint density at radius 2 is 2.05 bits per heavy atom. The van der Waals surface area contributed by atoms with Gasteiger partial charge in [-0.25, -0.2) is 9.78 Å². The molecule has 0 saturated heterocycles. The number of esters is 1. The predicted molar refractivity (Wildman–Crippen MR) is 78.0 cm³/mol. The molecule has 0 saturated carbocycles. The van der Waals surface area contributed by atoms with E-state index in [4.69, 9.17) is 10.2 Å². The predicted octanol–water partition coefficient (Wildman–Crippen LogP) is 1.80. The topological polar surface area (TPSA) is 114 Å². The van der Waals surface area contributed by atoms with Crippen molar-refractivity contribution in [2.75, 3.05) is 7.11 Å². The van der Waals surface area contributed by atoms with Crippen molar-refractivity contribution in [2.24, 2.45) is 5.92 Å². The van der Waals surface area contributed by atoms with E-state index < -0.39 is 30.2 Å². The number of hydrogen-bond acceptors (Lipinski definition) is 6. The fourth-order valence-corrected chi connectivity index (χ4v) is 3.06. The molecule has 1 heterocycles. The zero-order chi connectivity index (χ0) is 16.3. The second-order valence-electron chi connectivity index (χ2n) is 4.62. The van der Waals surface area contributed by atoms with Gasteiger partial charge in [0, 0.05) is 6.42 Å². The minimum atomic E-state index is -1.17. The van der Waals surface area contributed by atoms with Gasteiger partial charge in [0.05, 0.1) is 40.2 Å². The van der Waals surface area contributed by atoms with Crippen molar-refractivity contribution in [1.29, 1.82) is 0 Å². The molecule has 0 fully saturated rings. The maximum Gasteiger partial charge on any atom is 0.337 e. The molecule has 1 atom stereocenters. The molecule has 0 aliphatic heterocycles. The summed E-state index contributed by atoms with van der Waals surface area (Å²) in [4.78, 5) is 37.5. The summed E-state index contributed by atoms with van der Waals surface area (Å²) in [6.07, 6.45) is -0.423. The Bertz CT molecular complexity index is 738. The molecule has 0 aliphatic carbocycles. The second kappa shape index (κ2) is 6.52. The summed E-state index contributed by atoms with van der Waals surface area (Å²) in [5.41, 5.74) is 1.01. The number of ether oxygens (including phenoxy) is 1. The van der Waals surface area contributed by atoms with Crippen molar-refractivity contribution >= 4 is 39.5 Å². The van der Waals surface area contributed by atoms with E-state index in [-0.39, 0.29) is 6.42 Å². The molecule has 116 valence electrons. The highest BCUT2D eigenvalue weighted by molar-refractivity contribution is 7.18. The lowest BCUT2D eigenvalue weighted by Gasteiger charge is -2.06. The number of hydrogen-bond donors (Lipinski definition) is 2. The molecule has 1 aromatic heterocycles. The average Bonchev–Trinajstić information content (AvgIpc) is 2.86. The van der Waals surface area contributed by atoms with E-state index in [0.717, 1.165) is 4.70 Å². The van der Waals surface area contributed by atoms with Crippen molar-refractivity contribution in [3.05, 3.63) is 28.8 Å². The highest BCUT2D eigenvalue weighted by atomic mass is 32.1. The number of rotatable bonds is 6. The molecule has 0 bridgehead atoms. The highest BCUT2D eigenvalue weighted by Crippen LogP contribution is 2.26. The van der Waals surface area contributed by atoms with E-state index in [1.54, 1.807) is 18.2 Å². The van der Waals surface area contributed by atoms with Gasteiger partial charge >= 0.3 is 17.9 Å². The molecule has 2 aromatic rings. The van der Waals surface area contributed by atoms with Crippen molar-refractivity contribution in [2.45, 2.75) is 12.8 Å². The number of carbonyl (C=O) groups excluding carboxylic acids is 1. The van der Waals surface area contributed by atoms with Crippen molar-refractivity contribution in [3.8, 4) is 0 Å². The lowest BCUT2D eigenvalue weighted by molar-refractivity contribution is -0.148. The Kier molecular flexibility index (Phi) is 4.71. The number of thiazole rings is 1. The number of fused-ring (bicyclic) bond motifs is 1. The molecule has 8 heteroatoms. The lowest BCUT2D eigenvalue weighted by Crippen LogP contribution is -2.20. The van der Waals surface area contributed by atoms with Gasteiger partial charge in [0.25, 0.3) is 0 Å². The number of methoxy groups -OCH3 is 1. The third-order valence-corrected chi connectivity index (χ3v) is 4.09. The molecule has 1 unspecified atom stereocenters. The van der Waals surface area contributed by atoms with E-state index in [0.29, 0.717) is 16.1 Å². The normalized spacial score (nSPS) is 12.0. The second-order valence-corrected chi connectivity index (χ2v) is 5.73. The van der Waals surface area contributed by atoms with Gasteiger partial charge in [-0.1, -0.05) is 0 Å². The van der Waals surface area contributed by atoms with E-state index in [1.165, 1.54) is 18.4 Å². The standard InChI is InChI=1S/C14H13NO6S/c1-21-14(20)7-2-3-9-10(4-7)22-11(15-9)5-8(13(18)19)6-12(16)17/h2-4,8H,5-6H2,1H3,(H,16,17)(H,18,19). The van der Waals surface area contributed by atoms with Crippen LogP contribution in [0.25, 0.3) is 10.2 Å². The summed E-state index contributed by atoms with van der Waals surface area (Å²) in [5, 5.41) is 18.3. The van der Waals surface area contributed by atoms with Crippen LogP contribution in [0.15, 0.2) is 18.2 Å².